The van der Waals surface area contributed by atoms with E-state index < -0.39 is 5.60 Å². The fraction of sp³-hybridized carbons (Fsp3) is 0.909. The van der Waals surface area contributed by atoms with Crippen LogP contribution in [0.5, 0.6) is 0 Å². The van der Waals surface area contributed by atoms with Crippen LogP contribution in [0.2, 0.25) is 0 Å². The van der Waals surface area contributed by atoms with Crippen LogP contribution >= 0.6 is 0 Å². The van der Waals surface area contributed by atoms with Crippen LogP contribution in [0, 0.1) is 5.92 Å². The van der Waals surface area contributed by atoms with E-state index in [1.807, 2.05) is 18.9 Å². The monoisotopic (exact) mass is 245 g/mol. The van der Waals surface area contributed by atoms with Gasteiger partial charge in [-0.25, -0.2) is 5.84 Å². The Morgan fingerprint density at radius 2 is 2.18 bits per heavy atom. The summed E-state index contributed by atoms with van der Waals surface area (Å²) in [4.78, 5) is 13.2. The van der Waals surface area contributed by atoms with Crippen molar-refractivity contribution in [2.24, 2.45) is 11.8 Å². The van der Waals surface area contributed by atoms with E-state index in [1.165, 1.54) is 0 Å². The number of nitrogens with zero attached hydrogens (tertiary/aromatic N) is 1. The van der Waals surface area contributed by atoms with Crippen molar-refractivity contribution >= 4 is 5.91 Å². The fourth-order valence-corrected chi connectivity index (χ4v) is 2.17. The number of amides is 1. The van der Waals surface area contributed by atoms with Crippen molar-refractivity contribution in [3.8, 4) is 0 Å². The maximum atomic E-state index is 11.3. The molecule has 0 bridgehead atoms. The highest BCUT2D eigenvalue weighted by molar-refractivity contribution is 5.77. The van der Waals surface area contributed by atoms with E-state index in [2.05, 4.69) is 5.43 Å². The van der Waals surface area contributed by atoms with Gasteiger partial charge in [-0.15, -0.1) is 0 Å². The van der Waals surface area contributed by atoms with Gasteiger partial charge >= 0.3 is 0 Å². The molecule has 1 unspecified atom stereocenters. The molecule has 1 heterocycles. The molecule has 0 aromatic heterocycles. The molecular weight excluding hydrogens is 222 g/mol. The number of likely N-dealkylation sites (N-methyl/N-ethyl adjacent to an activating group) is 1. The third-order valence-electron chi connectivity index (χ3n) is 3.16. The zero-order valence-electron chi connectivity index (χ0n) is 10.6. The highest BCUT2D eigenvalue weighted by atomic mass is 16.5. The molecule has 100 valence electrons. The first-order valence-electron chi connectivity index (χ1n) is 5.96. The van der Waals surface area contributed by atoms with Crippen LogP contribution in [0.1, 0.15) is 19.8 Å². The minimum absolute atomic E-state index is 0.184. The average Bonchev–Trinajstić information content (AvgIpc) is 2.27. The van der Waals surface area contributed by atoms with Gasteiger partial charge in [-0.05, 0) is 7.05 Å². The summed E-state index contributed by atoms with van der Waals surface area (Å²) in [5.74, 6) is 4.70. The van der Waals surface area contributed by atoms with Crippen LogP contribution in [0.4, 0.5) is 0 Å². The molecule has 0 aliphatic carbocycles. The van der Waals surface area contributed by atoms with Crippen molar-refractivity contribution in [2.45, 2.75) is 25.4 Å². The van der Waals surface area contributed by atoms with E-state index in [0.29, 0.717) is 39.1 Å². The fourth-order valence-electron chi connectivity index (χ4n) is 2.17. The van der Waals surface area contributed by atoms with Gasteiger partial charge in [-0.3, -0.25) is 10.2 Å². The maximum Gasteiger partial charge on any atom is 0.237 e. The Bertz CT molecular complexity index is 254. The SMILES string of the molecule is CC(CN(C)CC1(O)CCOCC1)C(=O)NN. The molecule has 0 aromatic rings. The largest absolute Gasteiger partial charge is 0.388 e. The van der Waals surface area contributed by atoms with Gasteiger partial charge in [0.2, 0.25) is 5.91 Å². The molecule has 6 nitrogen and oxygen atoms in total. The van der Waals surface area contributed by atoms with Crippen molar-refractivity contribution in [3.63, 3.8) is 0 Å². The van der Waals surface area contributed by atoms with Crippen LogP contribution in [0.25, 0.3) is 0 Å². The number of hydrazine groups is 1. The minimum atomic E-state index is -0.689. The van der Waals surface area contributed by atoms with Gasteiger partial charge in [0.15, 0.2) is 0 Å². The molecule has 1 aliphatic rings. The predicted octanol–water partition coefficient (Wildman–Crippen LogP) is -0.914. The average molecular weight is 245 g/mol. The Hall–Kier alpha value is -0.690. The third-order valence-corrected chi connectivity index (χ3v) is 3.16. The highest BCUT2D eigenvalue weighted by Gasteiger charge is 2.31. The summed E-state index contributed by atoms with van der Waals surface area (Å²) >= 11 is 0. The molecule has 17 heavy (non-hydrogen) atoms. The molecule has 1 amide bonds. The first kappa shape index (κ1) is 14.4. The van der Waals surface area contributed by atoms with E-state index in [0.717, 1.165) is 0 Å². The van der Waals surface area contributed by atoms with Crippen LogP contribution < -0.4 is 11.3 Å². The summed E-state index contributed by atoms with van der Waals surface area (Å²) in [6.07, 6.45) is 1.30. The van der Waals surface area contributed by atoms with Crippen molar-refractivity contribution in [1.82, 2.24) is 10.3 Å². The Labute approximate surface area is 102 Å². The first-order chi connectivity index (χ1) is 7.97. The molecule has 4 N–H and O–H groups in total. The normalized spacial score (nSPS) is 21.2. The van der Waals surface area contributed by atoms with E-state index >= 15 is 0 Å². The quantitative estimate of drug-likeness (QED) is 0.331. The van der Waals surface area contributed by atoms with Crippen molar-refractivity contribution in [2.75, 3.05) is 33.4 Å². The number of ether oxygens (including phenoxy) is 1. The summed E-state index contributed by atoms with van der Waals surface area (Å²) < 4.78 is 5.22. The molecule has 1 saturated heterocycles. The topological polar surface area (TPSA) is 87.8 Å². The second kappa shape index (κ2) is 6.30. The van der Waals surface area contributed by atoms with Gasteiger partial charge in [-0.2, -0.15) is 0 Å². The standard InChI is InChI=1S/C11H23N3O3/c1-9(10(15)13-12)7-14(2)8-11(16)3-5-17-6-4-11/h9,16H,3-8,12H2,1-2H3,(H,13,15). The maximum absolute atomic E-state index is 11.3. The predicted molar refractivity (Wildman–Crippen MR) is 64.0 cm³/mol. The summed E-state index contributed by atoms with van der Waals surface area (Å²) in [5.41, 5.74) is 1.45. The van der Waals surface area contributed by atoms with E-state index in [4.69, 9.17) is 10.6 Å². The first-order valence-corrected chi connectivity index (χ1v) is 5.96. The number of aliphatic hydroxyl groups is 1. The summed E-state index contributed by atoms with van der Waals surface area (Å²) in [6.45, 7) is 4.14. The number of nitrogens with two attached hydrogens (primary N) is 1. The summed E-state index contributed by atoms with van der Waals surface area (Å²) in [7, 11) is 1.90. The Balaban J connectivity index is 2.37. The molecule has 1 rings (SSSR count). The van der Waals surface area contributed by atoms with Crippen LogP contribution in [-0.4, -0.2) is 54.9 Å². The molecule has 0 aromatic carbocycles. The molecule has 1 aliphatic heterocycles. The molecule has 0 saturated carbocycles. The van der Waals surface area contributed by atoms with Gasteiger partial charge in [0.1, 0.15) is 0 Å². The second-order valence-corrected chi connectivity index (χ2v) is 4.94. The summed E-state index contributed by atoms with van der Waals surface area (Å²) in [6, 6.07) is 0. The molecule has 1 atom stereocenters. The lowest BCUT2D eigenvalue weighted by Gasteiger charge is -2.36. The second-order valence-electron chi connectivity index (χ2n) is 4.94. The number of carbonyl (C=O) groups is 1. The van der Waals surface area contributed by atoms with Crippen molar-refractivity contribution < 1.29 is 14.6 Å². The van der Waals surface area contributed by atoms with Crippen LogP contribution in [0.3, 0.4) is 0 Å². The van der Waals surface area contributed by atoms with E-state index in [1.54, 1.807) is 0 Å². The highest BCUT2D eigenvalue weighted by Crippen LogP contribution is 2.21. The van der Waals surface area contributed by atoms with E-state index in [9.17, 15) is 9.90 Å². The smallest absolute Gasteiger partial charge is 0.237 e. The molecule has 1 fully saturated rings. The number of nitrogens with one attached hydrogen (secondary N) is 1. The van der Waals surface area contributed by atoms with E-state index in [-0.39, 0.29) is 11.8 Å². The number of carbonyl (C=O) groups excluding carboxylic acids is 1. The number of rotatable bonds is 5. The number of hydrogen-bond donors (Lipinski definition) is 3. The molecule has 0 spiro atoms. The van der Waals surface area contributed by atoms with Gasteiger partial charge in [0, 0.05) is 45.1 Å². The third kappa shape index (κ3) is 4.59. The Morgan fingerprint density at radius 3 is 2.71 bits per heavy atom. The summed E-state index contributed by atoms with van der Waals surface area (Å²) in [5, 5.41) is 10.3. The minimum Gasteiger partial charge on any atom is -0.388 e. The lowest BCUT2D eigenvalue weighted by atomic mass is 9.93. The number of hydrogen-bond acceptors (Lipinski definition) is 5. The zero-order valence-corrected chi connectivity index (χ0v) is 10.6. The zero-order chi connectivity index (χ0) is 12.9. The van der Waals surface area contributed by atoms with Crippen LogP contribution in [-0.2, 0) is 9.53 Å². The molecule has 6 heteroatoms. The molecule has 0 radical (unpaired) electrons. The Kier molecular flexibility index (Phi) is 5.32. The van der Waals surface area contributed by atoms with Crippen molar-refractivity contribution in [3.05, 3.63) is 0 Å². The Morgan fingerprint density at radius 1 is 1.59 bits per heavy atom. The van der Waals surface area contributed by atoms with Crippen molar-refractivity contribution in [1.29, 1.82) is 0 Å². The van der Waals surface area contributed by atoms with Gasteiger partial charge in [0.25, 0.3) is 0 Å². The van der Waals surface area contributed by atoms with Crippen LogP contribution in [0.15, 0.2) is 0 Å². The van der Waals surface area contributed by atoms with Gasteiger partial charge < -0.3 is 14.7 Å². The molecular formula is C11H23N3O3. The lowest BCUT2D eigenvalue weighted by Crippen LogP contribution is -2.48. The van der Waals surface area contributed by atoms with Gasteiger partial charge in [-0.1, -0.05) is 6.92 Å². The lowest BCUT2D eigenvalue weighted by molar-refractivity contribution is -0.125. The van der Waals surface area contributed by atoms with Gasteiger partial charge in [0.05, 0.1) is 5.60 Å².